The van der Waals surface area contributed by atoms with E-state index in [0.717, 1.165) is 16.8 Å². The highest BCUT2D eigenvalue weighted by Crippen LogP contribution is 2.33. The Kier molecular flexibility index (Phi) is 4.74. The number of hydrogen-bond donors (Lipinski definition) is 1. The summed E-state index contributed by atoms with van der Waals surface area (Å²) in [5, 5.41) is 3.21. The molecule has 0 aromatic heterocycles. The van der Waals surface area contributed by atoms with Gasteiger partial charge in [0.1, 0.15) is 11.8 Å². The average Bonchev–Trinajstić information content (AvgIpc) is 2.85. The van der Waals surface area contributed by atoms with E-state index in [1.165, 1.54) is 4.90 Å². The number of rotatable bonds is 5. The van der Waals surface area contributed by atoms with E-state index in [1.807, 2.05) is 45.0 Å². The number of para-hydroxylation sites is 2. The van der Waals surface area contributed by atoms with Gasteiger partial charge in [0.05, 0.1) is 18.7 Å². The molecule has 130 valence electrons. The number of amides is 2. The Morgan fingerprint density at radius 1 is 1.16 bits per heavy atom. The van der Waals surface area contributed by atoms with Crippen molar-refractivity contribution in [1.82, 2.24) is 0 Å². The highest BCUT2D eigenvalue weighted by molar-refractivity contribution is 6.23. The normalized spacial score (nSPS) is 17.1. The first kappa shape index (κ1) is 17.0. The van der Waals surface area contributed by atoms with Gasteiger partial charge in [0.15, 0.2) is 0 Å². The Hall–Kier alpha value is -2.82. The molecule has 0 radical (unpaired) electrons. The summed E-state index contributed by atoms with van der Waals surface area (Å²) in [6.07, 6.45) is 0.132. The SMILES string of the molecule is CCOc1ccccc1N1C(=O)C[C@@H](Nc2ccc(C)cc2C)C1=O. The monoisotopic (exact) mass is 338 g/mol. The summed E-state index contributed by atoms with van der Waals surface area (Å²) in [7, 11) is 0. The van der Waals surface area contributed by atoms with Gasteiger partial charge >= 0.3 is 0 Å². The standard InChI is InChI=1S/C20H22N2O3/c1-4-25-18-8-6-5-7-17(18)22-19(23)12-16(20(22)24)21-15-10-9-13(2)11-14(15)3/h5-11,16,21H,4,12H2,1-3H3/t16-/m1/s1. The maximum atomic E-state index is 12.8. The second-order valence-corrected chi connectivity index (χ2v) is 6.19. The molecule has 25 heavy (non-hydrogen) atoms. The number of hydrogen-bond acceptors (Lipinski definition) is 4. The minimum atomic E-state index is -0.566. The molecule has 0 aliphatic carbocycles. The van der Waals surface area contributed by atoms with E-state index >= 15 is 0 Å². The predicted molar refractivity (Wildman–Crippen MR) is 98.0 cm³/mol. The fourth-order valence-corrected chi connectivity index (χ4v) is 3.08. The van der Waals surface area contributed by atoms with Crippen LogP contribution in [0.1, 0.15) is 24.5 Å². The molecule has 0 bridgehead atoms. The Labute approximate surface area is 147 Å². The lowest BCUT2D eigenvalue weighted by molar-refractivity contribution is -0.121. The summed E-state index contributed by atoms with van der Waals surface area (Å²) in [6, 6.07) is 12.5. The van der Waals surface area contributed by atoms with Crippen LogP contribution in [0.3, 0.4) is 0 Å². The number of benzene rings is 2. The molecule has 1 aliphatic heterocycles. The summed E-state index contributed by atoms with van der Waals surface area (Å²) in [5.41, 5.74) is 3.58. The molecule has 0 saturated carbocycles. The van der Waals surface area contributed by atoms with Crippen molar-refractivity contribution in [2.24, 2.45) is 0 Å². The molecule has 0 spiro atoms. The maximum Gasteiger partial charge on any atom is 0.256 e. The van der Waals surface area contributed by atoms with Crippen LogP contribution < -0.4 is 15.0 Å². The van der Waals surface area contributed by atoms with E-state index in [1.54, 1.807) is 18.2 Å². The summed E-state index contributed by atoms with van der Waals surface area (Å²) in [5.74, 6) is 0.0652. The summed E-state index contributed by atoms with van der Waals surface area (Å²) < 4.78 is 5.57. The maximum absolute atomic E-state index is 12.8. The van der Waals surface area contributed by atoms with Crippen molar-refractivity contribution in [2.45, 2.75) is 33.2 Å². The Morgan fingerprint density at radius 2 is 1.92 bits per heavy atom. The molecule has 1 aliphatic rings. The van der Waals surface area contributed by atoms with E-state index in [-0.39, 0.29) is 18.2 Å². The Bertz CT molecular complexity index is 816. The number of anilines is 2. The zero-order valence-electron chi connectivity index (χ0n) is 14.7. The van der Waals surface area contributed by atoms with Crippen molar-refractivity contribution < 1.29 is 14.3 Å². The first-order chi connectivity index (χ1) is 12.0. The molecule has 1 heterocycles. The van der Waals surface area contributed by atoms with E-state index in [4.69, 9.17) is 4.74 Å². The van der Waals surface area contributed by atoms with Gasteiger partial charge in [0.25, 0.3) is 5.91 Å². The summed E-state index contributed by atoms with van der Waals surface area (Å²) in [6.45, 7) is 6.35. The van der Waals surface area contributed by atoms with Crippen LogP contribution in [0.4, 0.5) is 11.4 Å². The number of ether oxygens (including phenoxy) is 1. The van der Waals surface area contributed by atoms with Gasteiger partial charge < -0.3 is 10.1 Å². The third-order valence-electron chi connectivity index (χ3n) is 4.26. The fraction of sp³-hybridized carbons (Fsp3) is 0.300. The third-order valence-corrected chi connectivity index (χ3v) is 4.26. The molecule has 2 aromatic rings. The zero-order valence-corrected chi connectivity index (χ0v) is 14.7. The van der Waals surface area contributed by atoms with E-state index < -0.39 is 6.04 Å². The van der Waals surface area contributed by atoms with Crippen molar-refractivity contribution in [3.63, 3.8) is 0 Å². The van der Waals surface area contributed by atoms with Crippen LogP contribution in [0.5, 0.6) is 5.75 Å². The van der Waals surface area contributed by atoms with Gasteiger partial charge in [-0.25, -0.2) is 4.90 Å². The first-order valence-corrected chi connectivity index (χ1v) is 8.43. The number of imide groups is 1. The van der Waals surface area contributed by atoms with Gasteiger partial charge in [-0.15, -0.1) is 0 Å². The molecule has 5 nitrogen and oxygen atoms in total. The first-order valence-electron chi connectivity index (χ1n) is 8.43. The van der Waals surface area contributed by atoms with Crippen molar-refractivity contribution in [3.05, 3.63) is 53.6 Å². The van der Waals surface area contributed by atoms with Gasteiger partial charge in [-0.05, 0) is 44.5 Å². The van der Waals surface area contributed by atoms with Gasteiger partial charge in [-0.2, -0.15) is 0 Å². The Balaban J connectivity index is 1.85. The largest absolute Gasteiger partial charge is 0.492 e. The van der Waals surface area contributed by atoms with Crippen LogP contribution >= 0.6 is 0 Å². The molecular weight excluding hydrogens is 316 g/mol. The Morgan fingerprint density at radius 3 is 2.64 bits per heavy atom. The second-order valence-electron chi connectivity index (χ2n) is 6.19. The lowest BCUT2D eigenvalue weighted by Crippen LogP contribution is -2.35. The van der Waals surface area contributed by atoms with Crippen LogP contribution in [0.15, 0.2) is 42.5 Å². The number of nitrogens with one attached hydrogen (secondary N) is 1. The van der Waals surface area contributed by atoms with Crippen LogP contribution in [0.25, 0.3) is 0 Å². The van der Waals surface area contributed by atoms with E-state index in [0.29, 0.717) is 18.0 Å². The number of nitrogens with zero attached hydrogens (tertiary/aromatic N) is 1. The molecule has 2 amide bonds. The molecule has 1 atom stereocenters. The highest BCUT2D eigenvalue weighted by atomic mass is 16.5. The second kappa shape index (κ2) is 6.97. The molecular formula is C20H22N2O3. The predicted octanol–water partition coefficient (Wildman–Crippen LogP) is 3.45. The highest BCUT2D eigenvalue weighted by Gasteiger charge is 2.40. The van der Waals surface area contributed by atoms with Crippen LogP contribution in [-0.4, -0.2) is 24.5 Å². The number of aryl methyl sites for hydroxylation is 2. The van der Waals surface area contributed by atoms with Crippen molar-refractivity contribution in [3.8, 4) is 5.75 Å². The van der Waals surface area contributed by atoms with Gasteiger partial charge in [-0.1, -0.05) is 29.8 Å². The topological polar surface area (TPSA) is 58.6 Å². The smallest absolute Gasteiger partial charge is 0.256 e. The van der Waals surface area contributed by atoms with Gasteiger partial charge in [0, 0.05) is 5.69 Å². The van der Waals surface area contributed by atoms with Gasteiger partial charge in [-0.3, -0.25) is 9.59 Å². The van der Waals surface area contributed by atoms with Crippen LogP contribution in [-0.2, 0) is 9.59 Å². The average molecular weight is 338 g/mol. The summed E-state index contributed by atoms with van der Waals surface area (Å²) >= 11 is 0. The minimum absolute atomic E-state index is 0.132. The number of carbonyl (C=O) groups excluding carboxylic acids is 2. The lowest BCUT2D eigenvalue weighted by atomic mass is 10.1. The third kappa shape index (κ3) is 3.36. The molecule has 1 N–H and O–H groups in total. The quantitative estimate of drug-likeness (QED) is 0.849. The van der Waals surface area contributed by atoms with E-state index in [2.05, 4.69) is 5.32 Å². The van der Waals surface area contributed by atoms with Crippen LogP contribution in [0, 0.1) is 13.8 Å². The summed E-state index contributed by atoms with van der Waals surface area (Å²) in [4.78, 5) is 26.6. The van der Waals surface area contributed by atoms with Crippen molar-refractivity contribution in [2.75, 3.05) is 16.8 Å². The number of carbonyl (C=O) groups is 2. The lowest BCUT2D eigenvalue weighted by Gasteiger charge is -2.19. The minimum Gasteiger partial charge on any atom is -0.492 e. The molecule has 1 saturated heterocycles. The van der Waals surface area contributed by atoms with Gasteiger partial charge in [0.2, 0.25) is 5.91 Å². The van der Waals surface area contributed by atoms with Crippen LogP contribution in [0.2, 0.25) is 0 Å². The molecule has 0 unspecified atom stereocenters. The molecule has 2 aromatic carbocycles. The van der Waals surface area contributed by atoms with Crippen molar-refractivity contribution in [1.29, 1.82) is 0 Å². The zero-order chi connectivity index (χ0) is 18.0. The fourth-order valence-electron chi connectivity index (χ4n) is 3.08. The van der Waals surface area contributed by atoms with E-state index in [9.17, 15) is 9.59 Å². The molecule has 1 fully saturated rings. The molecule has 3 rings (SSSR count). The molecule has 5 heteroatoms. The van der Waals surface area contributed by atoms with Crippen molar-refractivity contribution >= 4 is 23.2 Å².